The molecule has 2 nitrogen and oxygen atoms in total. The summed E-state index contributed by atoms with van der Waals surface area (Å²) >= 11 is 0. The van der Waals surface area contributed by atoms with Crippen molar-refractivity contribution in [3.05, 3.63) is 65.2 Å². The van der Waals surface area contributed by atoms with Crippen LogP contribution in [-0.4, -0.2) is 12.2 Å². The van der Waals surface area contributed by atoms with Gasteiger partial charge >= 0.3 is 0 Å². The fourth-order valence-electron chi connectivity index (χ4n) is 2.80. The molecule has 0 amide bonds. The van der Waals surface area contributed by atoms with E-state index in [9.17, 15) is 5.11 Å². The Bertz CT molecular complexity index is 624. The van der Waals surface area contributed by atoms with Crippen molar-refractivity contribution < 1.29 is 9.84 Å². The van der Waals surface area contributed by atoms with Gasteiger partial charge in [-0.25, -0.2) is 0 Å². The molecule has 0 atom stereocenters. The summed E-state index contributed by atoms with van der Waals surface area (Å²) in [6.07, 6.45) is 9.41. The van der Waals surface area contributed by atoms with E-state index in [-0.39, 0.29) is 0 Å². The molecule has 2 heteroatoms. The molecular formula is C22H28O2. The minimum Gasteiger partial charge on any atom is -0.508 e. The van der Waals surface area contributed by atoms with Crippen LogP contribution in [0.1, 0.15) is 50.2 Å². The Hall–Kier alpha value is -2.22. The van der Waals surface area contributed by atoms with Crippen LogP contribution < -0.4 is 4.74 Å². The number of aromatic hydroxyl groups is 1. The third kappa shape index (κ3) is 6.11. The first-order chi connectivity index (χ1) is 11.7. The highest BCUT2D eigenvalue weighted by molar-refractivity contribution is 5.55. The standard InChI is InChI=1S/C22H28O2/c1-3-4-5-6-7-20(16-18-8-12-21(23)13-9-18)17-19-10-14-22(24-2)15-11-19/h8-15,17,23H,3-7,16H2,1-2H3/b20-17+. The summed E-state index contributed by atoms with van der Waals surface area (Å²) in [5.74, 6) is 1.21. The Kier molecular flexibility index (Phi) is 7.41. The molecule has 0 saturated heterocycles. The zero-order valence-electron chi connectivity index (χ0n) is 14.8. The van der Waals surface area contributed by atoms with Crippen molar-refractivity contribution in [2.75, 3.05) is 7.11 Å². The lowest BCUT2D eigenvalue weighted by molar-refractivity contribution is 0.415. The molecule has 2 rings (SSSR count). The molecule has 0 unspecified atom stereocenters. The van der Waals surface area contributed by atoms with Crippen molar-refractivity contribution in [1.29, 1.82) is 0 Å². The number of hydrogen-bond donors (Lipinski definition) is 1. The summed E-state index contributed by atoms with van der Waals surface area (Å²) in [7, 11) is 1.69. The largest absolute Gasteiger partial charge is 0.508 e. The van der Waals surface area contributed by atoms with Crippen molar-refractivity contribution in [3.8, 4) is 11.5 Å². The number of hydrogen-bond acceptors (Lipinski definition) is 2. The van der Waals surface area contributed by atoms with E-state index in [1.165, 1.54) is 42.4 Å². The topological polar surface area (TPSA) is 29.5 Å². The van der Waals surface area contributed by atoms with E-state index in [1.54, 1.807) is 19.2 Å². The summed E-state index contributed by atoms with van der Waals surface area (Å²) in [5.41, 5.74) is 3.88. The average Bonchev–Trinajstić information content (AvgIpc) is 2.61. The number of phenols is 1. The van der Waals surface area contributed by atoms with Gasteiger partial charge in [0.15, 0.2) is 0 Å². The van der Waals surface area contributed by atoms with Crippen LogP contribution >= 0.6 is 0 Å². The second-order valence-electron chi connectivity index (χ2n) is 6.23. The first-order valence-electron chi connectivity index (χ1n) is 8.82. The Morgan fingerprint density at radius 2 is 1.67 bits per heavy atom. The van der Waals surface area contributed by atoms with Gasteiger partial charge in [-0.1, -0.05) is 62.1 Å². The first-order valence-corrected chi connectivity index (χ1v) is 8.82. The maximum atomic E-state index is 9.45. The van der Waals surface area contributed by atoms with Crippen LogP contribution in [-0.2, 0) is 6.42 Å². The molecule has 0 fully saturated rings. The van der Waals surface area contributed by atoms with Gasteiger partial charge < -0.3 is 9.84 Å². The van der Waals surface area contributed by atoms with Crippen molar-refractivity contribution in [2.45, 2.75) is 45.4 Å². The zero-order chi connectivity index (χ0) is 17.2. The summed E-state index contributed by atoms with van der Waals surface area (Å²) in [6.45, 7) is 2.24. The van der Waals surface area contributed by atoms with E-state index >= 15 is 0 Å². The molecule has 0 heterocycles. The molecule has 0 aliphatic carbocycles. The molecule has 0 radical (unpaired) electrons. The number of benzene rings is 2. The monoisotopic (exact) mass is 324 g/mol. The Morgan fingerprint density at radius 3 is 2.29 bits per heavy atom. The van der Waals surface area contributed by atoms with Crippen LogP contribution in [0.2, 0.25) is 0 Å². The quantitative estimate of drug-likeness (QED) is 0.573. The van der Waals surface area contributed by atoms with E-state index < -0.39 is 0 Å². The molecule has 0 spiro atoms. The van der Waals surface area contributed by atoms with E-state index in [0.717, 1.165) is 18.6 Å². The Labute approximate surface area is 145 Å². The fraction of sp³-hybridized carbons (Fsp3) is 0.364. The second kappa shape index (κ2) is 9.82. The van der Waals surface area contributed by atoms with Gasteiger partial charge in [0.05, 0.1) is 7.11 Å². The van der Waals surface area contributed by atoms with E-state index in [1.807, 2.05) is 24.3 Å². The smallest absolute Gasteiger partial charge is 0.118 e. The average molecular weight is 324 g/mol. The lowest BCUT2D eigenvalue weighted by atomic mass is 9.97. The molecule has 0 aromatic heterocycles. The van der Waals surface area contributed by atoms with E-state index in [0.29, 0.717) is 5.75 Å². The minimum atomic E-state index is 0.322. The predicted octanol–water partition coefficient (Wildman–Crippen LogP) is 6.00. The molecule has 2 aromatic rings. The summed E-state index contributed by atoms with van der Waals surface area (Å²) in [4.78, 5) is 0. The maximum Gasteiger partial charge on any atom is 0.118 e. The highest BCUT2D eigenvalue weighted by Crippen LogP contribution is 2.21. The zero-order valence-corrected chi connectivity index (χ0v) is 14.8. The number of methoxy groups -OCH3 is 1. The van der Waals surface area contributed by atoms with Crippen LogP contribution in [0.15, 0.2) is 54.1 Å². The number of unbranched alkanes of at least 4 members (excludes halogenated alkanes) is 3. The van der Waals surface area contributed by atoms with Crippen LogP contribution in [0.25, 0.3) is 6.08 Å². The number of rotatable bonds is 9. The summed E-state index contributed by atoms with van der Waals surface area (Å²) < 4.78 is 5.23. The van der Waals surface area contributed by atoms with Gasteiger partial charge in [0, 0.05) is 0 Å². The van der Waals surface area contributed by atoms with E-state index in [4.69, 9.17) is 4.74 Å². The number of ether oxygens (including phenoxy) is 1. The molecule has 0 bridgehead atoms. The Morgan fingerprint density at radius 1 is 0.958 bits per heavy atom. The number of allylic oxidation sites excluding steroid dienone is 1. The molecule has 128 valence electrons. The lowest BCUT2D eigenvalue weighted by Crippen LogP contribution is -1.92. The van der Waals surface area contributed by atoms with Crippen LogP contribution in [0.5, 0.6) is 11.5 Å². The van der Waals surface area contributed by atoms with Crippen molar-refractivity contribution >= 4 is 6.08 Å². The van der Waals surface area contributed by atoms with Gasteiger partial charge in [0.1, 0.15) is 11.5 Å². The number of phenolic OH excluding ortho intramolecular Hbond substituents is 1. The van der Waals surface area contributed by atoms with Crippen molar-refractivity contribution in [1.82, 2.24) is 0 Å². The fourth-order valence-corrected chi connectivity index (χ4v) is 2.80. The third-order valence-corrected chi connectivity index (χ3v) is 4.21. The molecule has 0 saturated carbocycles. The molecular weight excluding hydrogens is 296 g/mol. The highest BCUT2D eigenvalue weighted by Gasteiger charge is 2.02. The van der Waals surface area contributed by atoms with E-state index in [2.05, 4.69) is 25.1 Å². The predicted molar refractivity (Wildman–Crippen MR) is 102 cm³/mol. The van der Waals surface area contributed by atoms with Gasteiger partial charge in [-0.05, 0) is 54.7 Å². The Balaban J connectivity index is 2.10. The highest BCUT2D eigenvalue weighted by atomic mass is 16.5. The van der Waals surface area contributed by atoms with Crippen molar-refractivity contribution in [2.24, 2.45) is 0 Å². The molecule has 0 aliphatic heterocycles. The molecule has 2 aromatic carbocycles. The summed E-state index contributed by atoms with van der Waals surface area (Å²) in [6, 6.07) is 15.7. The molecule has 24 heavy (non-hydrogen) atoms. The first kappa shape index (κ1) is 18.1. The SMILES string of the molecule is CCCCCC/C(=C\c1ccc(OC)cc1)Cc1ccc(O)cc1. The molecule has 1 N–H and O–H groups in total. The van der Waals surface area contributed by atoms with Crippen LogP contribution in [0.4, 0.5) is 0 Å². The molecule has 0 aliphatic rings. The lowest BCUT2D eigenvalue weighted by Gasteiger charge is -2.09. The van der Waals surface area contributed by atoms with Crippen molar-refractivity contribution in [3.63, 3.8) is 0 Å². The van der Waals surface area contributed by atoms with Gasteiger partial charge in [-0.15, -0.1) is 0 Å². The third-order valence-electron chi connectivity index (χ3n) is 4.21. The van der Waals surface area contributed by atoms with Gasteiger partial charge in [0.2, 0.25) is 0 Å². The second-order valence-corrected chi connectivity index (χ2v) is 6.23. The minimum absolute atomic E-state index is 0.322. The van der Waals surface area contributed by atoms with Crippen LogP contribution in [0, 0.1) is 0 Å². The van der Waals surface area contributed by atoms with Gasteiger partial charge in [0.25, 0.3) is 0 Å². The summed E-state index contributed by atoms with van der Waals surface area (Å²) in [5, 5.41) is 9.45. The van der Waals surface area contributed by atoms with Gasteiger partial charge in [-0.2, -0.15) is 0 Å². The maximum absolute atomic E-state index is 9.45. The van der Waals surface area contributed by atoms with Crippen LogP contribution in [0.3, 0.4) is 0 Å². The normalized spacial score (nSPS) is 11.5. The van der Waals surface area contributed by atoms with Gasteiger partial charge in [-0.3, -0.25) is 0 Å².